The Morgan fingerprint density at radius 3 is 2.95 bits per heavy atom. The van der Waals surface area contributed by atoms with Crippen LogP contribution in [0.15, 0.2) is 29.3 Å². The number of hydrogen-bond acceptors (Lipinski definition) is 5. The van der Waals surface area contributed by atoms with Crippen LogP contribution in [-0.4, -0.2) is 36.1 Å². The molecule has 114 valence electrons. The summed E-state index contributed by atoms with van der Waals surface area (Å²) < 4.78 is 1.11. The molecule has 6 rings (SSSR count). The first-order chi connectivity index (χ1) is 10.7. The average Bonchev–Trinajstić information content (AvgIpc) is 3.14. The van der Waals surface area contributed by atoms with Gasteiger partial charge in [0.05, 0.1) is 21.1 Å². The molecule has 1 N–H and O–H groups in total. The van der Waals surface area contributed by atoms with E-state index in [1.165, 1.54) is 25.9 Å². The predicted octanol–water partition coefficient (Wildman–Crippen LogP) is 3.26. The molecule has 0 aliphatic carbocycles. The first kappa shape index (κ1) is 13.3. The number of rotatable bonds is 1. The van der Waals surface area contributed by atoms with Crippen molar-refractivity contribution in [3.63, 3.8) is 0 Å². The zero-order valence-electron chi connectivity index (χ0n) is 12.0. The van der Waals surface area contributed by atoms with E-state index in [0.717, 1.165) is 32.4 Å². The van der Waals surface area contributed by atoms with E-state index in [0.29, 0.717) is 5.92 Å². The standard InChI is InChI=1S/C16H16ClN3OS/c17-12-3-1-2-10-8-13(22-14(10)12)15-18-16(21-19-15)9-20-6-4-11(16)5-7-20/h1-3,8,11H,4-7,9H2,(H,18,19)/t16-/m0/s1. The number of nitrogens with zero attached hydrogens (tertiary/aromatic N) is 2. The summed E-state index contributed by atoms with van der Waals surface area (Å²) in [7, 11) is 0. The van der Waals surface area contributed by atoms with E-state index in [-0.39, 0.29) is 5.72 Å². The molecule has 4 nitrogen and oxygen atoms in total. The fraction of sp³-hybridized carbons (Fsp3) is 0.438. The molecule has 1 atom stereocenters. The highest BCUT2D eigenvalue weighted by Crippen LogP contribution is 2.42. The quantitative estimate of drug-likeness (QED) is 0.870. The Morgan fingerprint density at radius 1 is 1.36 bits per heavy atom. The summed E-state index contributed by atoms with van der Waals surface area (Å²) in [4.78, 5) is 14.5. The van der Waals surface area contributed by atoms with Crippen molar-refractivity contribution in [2.45, 2.75) is 18.6 Å². The number of hydrogen-bond donors (Lipinski definition) is 1. The molecule has 5 heterocycles. The van der Waals surface area contributed by atoms with Crippen LogP contribution in [0.4, 0.5) is 0 Å². The van der Waals surface area contributed by atoms with Crippen molar-refractivity contribution in [1.82, 2.24) is 10.4 Å². The second-order valence-corrected chi connectivity index (χ2v) is 7.79. The number of halogens is 1. The highest BCUT2D eigenvalue weighted by molar-refractivity contribution is 7.21. The van der Waals surface area contributed by atoms with Crippen LogP contribution in [0.3, 0.4) is 0 Å². The summed E-state index contributed by atoms with van der Waals surface area (Å²) in [6.07, 6.45) is 2.35. The lowest BCUT2D eigenvalue weighted by Crippen LogP contribution is -2.58. The van der Waals surface area contributed by atoms with Crippen molar-refractivity contribution in [3.8, 4) is 0 Å². The van der Waals surface area contributed by atoms with Crippen molar-refractivity contribution in [1.29, 1.82) is 0 Å². The second-order valence-electron chi connectivity index (χ2n) is 6.33. The smallest absolute Gasteiger partial charge is 0.202 e. The number of hydroxylamine groups is 1. The van der Waals surface area contributed by atoms with Gasteiger partial charge in [-0.1, -0.05) is 23.7 Å². The highest BCUT2D eigenvalue weighted by Gasteiger charge is 2.51. The van der Waals surface area contributed by atoms with E-state index in [4.69, 9.17) is 21.4 Å². The molecule has 1 spiro atoms. The van der Waals surface area contributed by atoms with Gasteiger partial charge in [-0.25, -0.2) is 15.3 Å². The lowest BCUT2D eigenvalue weighted by atomic mass is 9.81. The van der Waals surface area contributed by atoms with E-state index in [1.807, 2.05) is 12.1 Å². The van der Waals surface area contributed by atoms with Crippen LogP contribution in [0, 0.1) is 5.92 Å². The van der Waals surface area contributed by atoms with E-state index in [2.05, 4.69) is 22.5 Å². The van der Waals surface area contributed by atoms with Gasteiger partial charge in [0.25, 0.3) is 0 Å². The Kier molecular flexibility index (Phi) is 2.83. The zero-order valence-corrected chi connectivity index (χ0v) is 13.6. The minimum absolute atomic E-state index is 0.383. The van der Waals surface area contributed by atoms with Gasteiger partial charge >= 0.3 is 0 Å². The molecule has 0 amide bonds. The van der Waals surface area contributed by atoms with Crippen LogP contribution in [0.2, 0.25) is 5.02 Å². The summed E-state index contributed by atoms with van der Waals surface area (Å²) in [6.45, 7) is 3.26. The summed E-state index contributed by atoms with van der Waals surface area (Å²) in [5.74, 6) is 1.38. The molecule has 0 unspecified atom stereocenters. The van der Waals surface area contributed by atoms with Gasteiger partial charge < -0.3 is 0 Å². The van der Waals surface area contributed by atoms with Crippen molar-refractivity contribution < 1.29 is 4.84 Å². The number of nitrogens with one attached hydrogen (secondary N) is 1. The monoisotopic (exact) mass is 333 g/mol. The molecule has 2 bridgehead atoms. The number of benzene rings is 1. The molecule has 2 aromatic rings. The minimum Gasteiger partial charge on any atom is -0.298 e. The molecule has 1 aromatic carbocycles. The second kappa shape index (κ2) is 4.68. The Hall–Kier alpha value is -1.14. The number of thiophene rings is 1. The van der Waals surface area contributed by atoms with Gasteiger partial charge in [-0.15, -0.1) is 11.3 Å². The SMILES string of the molecule is Clc1cccc2cc(C3=N[C@@]4(CN5CCC4CC5)ON3)sc12. The Morgan fingerprint density at radius 2 is 2.23 bits per heavy atom. The topological polar surface area (TPSA) is 36.9 Å². The molecular weight excluding hydrogens is 318 g/mol. The predicted molar refractivity (Wildman–Crippen MR) is 89.5 cm³/mol. The average molecular weight is 334 g/mol. The number of aliphatic imine (C=N–C) groups is 1. The van der Waals surface area contributed by atoms with Gasteiger partial charge in [0.15, 0.2) is 5.84 Å². The third-order valence-corrected chi connectivity index (χ3v) is 6.65. The van der Waals surface area contributed by atoms with Crippen molar-refractivity contribution in [2.24, 2.45) is 10.9 Å². The van der Waals surface area contributed by atoms with E-state index >= 15 is 0 Å². The van der Waals surface area contributed by atoms with Crippen LogP contribution >= 0.6 is 22.9 Å². The molecule has 22 heavy (non-hydrogen) atoms. The summed E-state index contributed by atoms with van der Waals surface area (Å²) in [6, 6.07) is 8.14. The van der Waals surface area contributed by atoms with Gasteiger partial charge in [-0.05, 0) is 43.5 Å². The third-order valence-electron chi connectivity index (χ3n) is 5.03. The van der Waals surface area contributed by atoms with Crippen molar-refractivity contribution in [3.05, 3.63) is 34.2 Å². The maximum absolute atomic E-state index is 6.28. The van der Waals surface area contributed by atoms with Crippen molar-refractivity contribution in [2.75, 3.05) is 19.6 Å². The minimum atomic E-state index is -0.383. The molecule has 4 aliphatic rings. The largest absolute Gasteiger partial charge is 0.298 e. The Labute approximate surface area is 137 Å². The number of piperidine rings is 3. The normalized spacial score (nSPS) is 33.4. The lowest BCUT2D eigenvalue weighted by molar-refractivity contribution is -0.155. The third kappa shape index (κ3) is 1.86. The maximum atomic E-state index is 6.28. The van der Waals surface area contributed by atoms with Crippen molar-refractivity contribution >= 4 is 38.9 Å². The fourth-order valence-corrected chi connectivity index (χ4v) is 5.15. The van der Waals surface area contributed by atoms with Crippen LogP contribution in [0.1, 0.15) is 17.7 Å². The first-order valence-corrected chi connectivity index (χ1v) is 8.88. The summed E-state index contributed by atoms with van der Waals surface area (Å²) >= 11 is 7.95. The van der Waals surface area contributed by atoms with Crippen LogP contribution in [-0.2, 0) is 4.84 Å². The van der Waals surface area contributed by atoms with Gasteiger partial charge in [0, 0.05) is 5.92 Å². The molecule has 3 saturated heterocycles. The molecule has 4 aliphatic heterocycles. The first-order valence-electron chi connectivity index (χ1n) is 7.68. The van der Waals surface area contributed by atoms with Gasteiger partial charge in [0.2, 0.25) is 5.72 Å². The van der Waals surface area contributed by atoms with Gasteiger partial charge in [0.1, 0.15) is 0 Å². The Balaban J connectivity index is 1.55. The molecule has 0 saturated carbocycles. The molecule has 3 fully saturated rings. The van der Waals surface area contributed by atoms with E-state index in [1.54, 1.807) is 11.3 Å². The van der Waals surface area contributed by atoms with E-state index in [9.17, 15) is 0 Å². The summed E-state index contributed by atoms with van der Waals surface area (Å²) in [5, 5.41) is 1.96. The lowest BCUT2D eigenvalue weighted by Gasteiger charge is -2.47. The van der Waals surface area contributed by atoms with Gasteiger partial charge in [-0.3, -0.25) is 4.90 Å². The summed E-state index contributed by atoms with van der Waals surface area (Å²) in [5.41, 5.74) is 2.71. The fourth-order valence-electron chi connectivity index (χ4n) is 3.86. The molecule has 1 aromatic heterocycles. The highest BCUT2D eigenvalue weighted by atomic mass is 35.5. The maximum Gasteiger partial charge on any atom is 0.202 e. The molecule has 6 heteroatoms. The van der Waals surface area contributed by atoms with Crippen LogP contribution < -0.4 is 5.48 Å². The van der Waals surface area contributed by atoms with Crippen LogP contribution in [0.5, 0.6) is 0 Å². The zero-order chi connectivity index (χ0) is 14.7. The number of fused-ring (bicyclic) bond motifs is 3. The molecule has 0 radical (unpaired) electrons. The molecular formula is C16H16ClN3OS. The van der Waals surface area contributed by atoms with Crippen LogP contribution in [0.25, 0.3) is 10.1 Å². The van der Waals surface area contributed by atoms with E-state index < -0.39 is 0 Å². The Bertz CT molecular complexity index is 781. The van der Waals surface area contributed by atoms with Gasteiger partial charge in [-0.2, -0.15) is 0 Å². The number of amidine groups is 1.